The Morgan fingerprint density at radius 3 is 2.38 bits per heavy atom. The van der Waals surface area contributed by atoms with E-state index in [1.807, 2.05) is 13.8 Å². The zero-order chi connectivity index (χ0) is 25.5. The van der Waals surface area contributed by atoms with Crippen molar-refractivity contribution in [3.05, 3.63) is 34.9 Å². The number of hydrogen-bond acceptors (Lipinski definition) is 6. The van der Waals surface area contributed by atoms with Crippen LogP contribution in [0.3, 0.4) is 0 Å². The predicted molar refractivity (Wildman–Crippen MR) is 127 cm³/mol. The number of benzene rings is 1. The van der Waals surface area contributed by atoms with Crippen LogP contribution in [0.4, 0.5) is 0 Å². The highest BCUT2D eigenvalue weighted by atomic mass is 35.5. The molecule has 0 spiro atoms. The highest BCUT2D eigenvalue weighted by molar-refractivity contribution is 6.30. The number of hydrogen-bond donors (Lipinski definition) is 4. The molecule has 1 aliphatic heterocycles. The molecule has 4 N–H and O–H groups in total. The van der Waals surface area contributed by atoms with Crippen molar-refractivity contribution in [2.45, 2.75) is 64.1 Å². The summed E-state index contributed by atoms with van der Waals surface area (Å²) in [6.45, 7) is 5.83. The Morgan fingerprint density at radius 1 is 1.21 bits per heavy atom. The standard InChI is InChI=1S/C24H34ClN3O6/c1-14(2)11-18(27-20(29)13-24(3,33)16-5-7-17(25)8-6-16)22(31)28-19(23(32)34-4)12-15-9-10-26-21(15)30/h5-8,14-15,18-19,33H,9-13H2,1-4H3,(H,26,30)(H,27,29)(H,28,31)/t15-,18?,19?,24?/m0/s1. The lowest BCUT2D eigenvalue weighted by Gasteiger charge is -2.27. The van der Waals surface area contributed by atoms with Gasteiger partial charge in [0.1, 0.15) is 12.1 Å². The second kappa shape index (κ2) is 12.2. The van der Waals surface area contributed by atoms with Crippen molar-refractivity contribution in [1.82, 2.24) is 16.0 Å². The van der Waals surface area contributed by atoms with Crippen LogP contribution in [0.25, 0.3) is 0 Å². The molecule has 188 valence electrons. The zero-order valence-corrected chi connectivity index (χ0v) is 20.8. The van der Waals surface area contributed by atoms with Gasteiger partial charge in [0, 0.05) is 17.5 Å². The molecule has 3 amide bonds. The fourth-order valence-corrected chi connectivity index (χ4v) is 4.08. The molecule has 2 rings (SSSR count). The quantitative estimate of drug-likeness (QED) is 0.345. The van der Waals surface area contributed by atoms with Crippen molar-refractivity contribution < 1.29 is 29.0 Å². The van der Waals surface area contributed by atoms with Gasteiger partial charge in [-0.3, -0.25) is 14.4 Å². The third-order valence-electron chi connectivity index (χ3n) is 5.81. The molecule has 0 aliphatic carbocycles. The van der Waals surface area contributed by atoms with Crippen LogP contribution in [0, 0.1) is 11.8 Å². The first-order chi connectivity index (χ1) is 15.9. The average Bonchev–Trinajstić information content (AvgIpc) is 3.16. The van der Waals surface area contributed by atoms with E-state index in [4.69, 9.17) is 16.3 Å². The number of amides is 3. The minimum Gasteiger partial charge on any atom is -0.467 e. The van der Waals surface area contributed by atoms with Crippen LogP contribution in [0.1, 0.15) is 52.0 Å². The van der Waals surface area contributed by atoms with Gasteiger partial charge in [-0.25, -0.2) is 4.79 Å². The minimum atomic E-state index is -1.47. The summed E-state index contributed by atoms with van der Waals surface area (Å²) < 4.78 is 4.81. The highest BCUT2D eigenvalue weighted by Crippen LogP contribution is 2.26. The number of aliphatic hydroxyl groups is 1. The van der Waals surface area contributed by atoms with Gasteiger partial charge in [0.2, 0.25) is 17.7 Å². The van der Waals surface area contributed by atoms with Gasteiger partial charge in [0.05, 0.1) is 19.1 Å². The molecular formula is C24H34ClN3O6. The van der Waals surface area contributed by atoms with Crippen molar-refractivity contribution in [3.8, 4) is 0 Å². The fraction of sp³-hybridized carbons (Fsp3) is 0.583. The Bertz CT molecular complexity index is 887. The first-order valence-electron chi connectivity index (χ1n) is 11.4. The summed E-state index contributed by atoms with van der Waals surface area (Å²) in [5.74, 6) is -2.25. The van der Waals surface area contributed by atoms with Gasteiger partial charge in [0.15, 0.2) is 0 Å². The van der Waals surface area contributed by atoms with Gasteiger partial charge < -0.3 is 25.8 Å². The Kier molecular flexibility index (Phi) is 9.88. The topological polar surface area (TPSA) is 134 Å². The van der Waals surface area contributed by atoms with E-state index >= 15 is 0 Å². The molecule has 1 aliphatic rings. The van der Waals surface area contributed by atoms with E-state index in [-0.39, 0.29) is 24.7 Å². The first-order valence-corrected chi connectivity index (χ1v) is 11.7. The van der Waals surface area contributed by atoms with Crippen LogP contribution >= 0.6 is 11.6 Å². The van der Waals surface area contributed by atoms with Crippen LogP contribution in [0.15, 0.2) is 24.3 Å². The molecule has 1 saturated heterocycles. The Balaban J connectivity index is 2.09. The summed E-state index contributed by atoms with van der Waals surface area (Å²) in [5.41, 5.74) is -0.963. The molecule has 10 heteroatoms. The van der Waals surface area contributed by atoms with Crippen LogP contribution < -0.4 is 16.0 Å². The second-order valence-electron chi connectivity index (χ2n) is 9.30. The van der Waals surface area contributed by atoms with Crippen LogP contribution in [-0.2, 0) is 29.5 Å². The van der Waals surface area contributed by atoms with Gasteiger partial charge in [-0.1, -0.05) is 37.6 Å². The summed E-state index contributed by atoms with van der Waals surface area (Å²) in [7, 11) is 1.21. The molecule has 0 radical (unpaired) electrons. The maximum Gasteiger partial charge on any atom is 0.328 e. The number of carbonyl (C=O) groups excluding carboxylic acids is 4. The van der Waals surface area contributed by atoms with Gasteiger partial charge in [0.25, 0.3) is 0 Å². The van der Waals surface area contributed by atoms with E-state index in [0.717, 1.165) is 0 Å². The monoisotopic (exact) mass is 495 g/mol. The lowest BCUT2D eigenvalue weighted by Crippen LogP contribution is -2.53. The number of carbonyl (C=O) groups is 4. The normalized spacial score (nSPS) is 19.0. The van der Waals surface area contributed by atoms with E-state index in [1.54, 1.807) is 24.3 Å². The van der Waals surface area contributed by atoms with Crippen LogP contribution in [-0.4, -0.2) is 54.5 Å². The summed E-state index contributed by atoms with van der Waals surface area (Å²) in [6.07, 6.45) is 0.712. The third-order valence-corrected chi connectivity index (χ3v) is 6.07. The molecule has 1 fully saturated rings. The molecule has 1 heterocycles. The molecule has 34 heavy (non-hydrogen) atoms. The molecular weight excluding hydrogens is 462 g/mol. The molecule has 0 bridgehead atoms. The summed E-state index contributed by atoms with van der Waals surface area (Å²) in [5, 5.41) is 19.3. The smallest absolute Gasteiger partial charge is 0.328 e. The minimum absolute atomic E-state index is 0.0602. The van der Waals surface area contributed by atoms with Gasteiger partial charge in [-0.15, -0.1) is 0 Å². The second-order valence-corrected chi connectivity index (χ2v) is 9.74. The number of rotatable bonds is 11. The van der Waals surface area contributed by atoms with Crippen molar-refractivity contribution in [2.75, 3.05) is 13.7 Å². The first kappa shape index (κ1) is 27.6. The summed E-state index contributed by atoms with van der Waals surface area (Å²) in [6, 6.07) is 4.56. The number of methoxy groups -OCH3 is 1. The highest BCUT2D eigenvalue weighted by Gasteiger charge is 2.34. The number of nitrogens with one attached hydrogen (secondary N) is 3. The molecule has 0 saturated carbocycles. The van der Waals surface area contributed by atoms with Gasteiger partial charge >= 0.3 is 5.97 Å². The number of esters is 1. The maximum absolute atomic E-state index is 13.1. The fourth-order valence-electron chi connectivity index (χ4n) is 3.96. The third kappa shape index (κ3) is 7.99. The van der Waals surface area contributed by atoms with E-state index in [9.17, 15) is 24.3 Å². The van der Waals surface area contributed by atoms with Crippen molar-refractivity contribution in [3.63, 3.8) is 0 Å². The largest absolute Gasteiger partial charge is 0.467 e. The maximum atomic E-state index is 13.1. The number of ether oxygens (including phenoxy) is 1. The van der Waals surface area contributed by atoms with E-state index in [1.165, 1.54) is 14.0 Å². The Labute approximate surface area is 205 Å². The Hall–Kier alpha value is -2.65. The van der Waals surface area contributed by atoms with Crippen LogP contribution in [0.2, 0.25) is 5.02 Å². The lowest BCUT2D eigenvalue weighted by atomic mass is 9.92. The van der Waals surface area contributed by atoms with Crippen molar-refractivity contribution in [2.24, 2.45) is 11.8 Å². The molecule has 9 nitrogen and oxygen atoms in total. The SMILES string of the molecule is COC(=O)C(C[C@@H]1CCNC1=O)NC(=O)C(CC(C)C)NC(=O)CC(C)(O)c1ccc(Cl)cc1. The van der Waals surface area contributed by atoms with E-state index in [2.05, 4.69) is 16.0 Å². The lowest BCUT2D eigenvalue weighted by molar-refractivity contribution is -0.146. The van der Waals surface area contributed by atoms with Gasteiger partial charge in [-0.2, -0.15) is 0 Å². The van der Waals surface area contributed by atoms with Crippen molar-refractivity contribution in [1.29, 1.82) is 0 Å². The van der Waals surface area contributed by atoms with Crippen molar-refractivity contribution >= 4 is 35.3 Å². The zero-order valence-electron chi connectivity index (χ0n) is 20.0. The Morgan fingerprint density at radius 2 is 1.85 bits per heavy atom. The van der Waals surface area contributed by atoms with Gasteiger partial charge in [-0.05, 0) is 49.8 Å². The molecule has 4 atom stereocenters. The summed E-state index contributed by atoms with van der Waals surface area (Å²) in [4.78, 5) is 50.0. The number of halogens is 1. The van der Waals surface area contributed by atoms with E-state index < -0.39 is 41.4 Å². The molecule has 0 aromatic heterocycles. The molecule has 1 aromatic rings. The summed E-state index contributed by atoms with van der Waals surface area (Å²) >= 11 is 5.89. The molecule has 1 aromatic carbocycles. The molecule has 3 unspecified atom stereocenters. The predicted octanol–water partition coefficient (Wildman–Crippen LogP) is 1.65. The van der Waals surface area contributed by atoms with Crippen LogP contribution in [0.5, 0.6) is 0 Å². The van der Waals surface area contributed by atoms with E-state index in [0.29, 0.717) is 30.0 Å². The average molecular weight is 496 g/mol.